The van der Waals surface area contributed by atoms with Crippen molar-refractivity contribution in [2.45, 2.75) is 26.8 Å². The number of benzene rings is 1. The topological polar surface area (TPSA) is 67.2 Å². The third-order valence-corrected chi connectivity index (χ3v) is 3.73. The van der Waals surface area contributed by atoms with Crippen LogP contribution in [0.4, 0.5) is 5.69 Å². The van der Waals surface area contributed by atoms with E-state index in [0.29, 0.717) is 5.56 Å². The van der Waals surface area contributed by atoms with E-state index in [9.17, 15) is 4.79 Å². The zero-order valence-corrected chi connectivity index (χ0v) is 11.9. The second-order valence-corrected chi connectivity index (χ2v) is 5.53. The fourth-order valence-corrected chi connectivity index (χ4v) is 2.32. The van der Waals surface area contributed by atoms with Crippen LogP contribution in [0.15, 0.2) is 18.2 Å². The average molecular weight is 267 g/mol. The molecule has 0 radical (unpaired) electrons. The lowest BCUT2D eigenvalue weighted by atomic mass is 10.1. The van der Waals surface area contributed by atoms with E-state index in [0.717, 1.165) is 22.8 Å². The first-order valence-corrected chi connectivity index (χ1v) is 7.19. The molecule has 18 heavy (non-hydrogen) atoms. The molecular weight excluding hydrogens is 246 g/mol. The van der Waals surface area contributed by atoms with Gasteiger partial charge >= 0.3 is 0 Å². The van der Waals surface area contributed by atoms with Gasteiger partial charge in [0.25, 0.3) is 5.91 Å². The Labute approximate surface area is 113 Å². The molecule has 0 bridgehead atoms. The Balaban J connectivity index is 2.66. The predicted octanol–water partition coefficient (Wildman–Crippen LogP) is 2.15. The zero-order chi connectivity index (χ0) is 13.5. The molecule has 4 nitrogen and oxygen atoms in total. The Morgan fingerprint density at radius 1 is 1.50 bits per heavy atom. The van der Waals surface area contributed by atoms with Gasteiger partial charge in [0.1, 0.15) is 0 Å². The summed E-state index contributed by atoms with van der Waals surface area (Å²) in [5, 5.41) is 3.00. The predicted molar refractivity (Wildman–Crippen MR) is 78.9 cm³/mol. The molecule has 1 rings (SSSR count). The molecule has 1 atom stereocenters. The summed E-state index contributed by atoms with van der Waals surface area (Å²) in [6.07, 6.45) is 0. The van der Waals surface area contributed by atoms with Crippen molar-refractivity contribution in [1.29, 1.82) is 0 Å². The monoisotopic (exact) mass is 267 g/mol. The van der Waals surface area contributed by atoms with Crippen LogP contribution < -0.4 is 16.6 Å². The normalized spacial score (nSPS) is 12.0. The van der Waals surface area contributed by atoms with Gasteiger partial charge in [-0.15, -0.1) is 0 Å². The molecule has 5 heteroatoms. The highest BCUT2D eigenvalue weighted by atomic mass is 32.2. The standard InChI is InChI=1S/C13H21N3OS/c1-4-18-8-10(3)15-13(17)12-6-5-11(16-14)7-9(12)2/h5-7,10,16H,4,8,14H2,1-3H3,(H,15,17). The molecule has 0 aromatic heterocycles. The fraction of sp³-hybridized carbons (Fsp3) is 0.462. The third-order valence-electron chi connectivity index (χ3n) is 2.59. The molecule has 0 heterocycles. The summed E-state index contributed by atoms with van der Waals surface area (Å²) >= 11 is 1.82. The summed E-state index contributed by atoms with van der Waals surface area (Å²) in [7, 11) is 0. The molecule has 0 aliphatic rings. The number of hydrogen-bond donors (Lipinski definition) is 3. The second-order valence-electron chi connectivity index (χ2n) is 4.21. The van der Waals surface area contributed by atoms with E-state index in [2.05, 4.69) is 17.7 Å². The number of thioether (sulfide) groups is 1. The number of nitrogens with two attached hydrogens (primary N) is 1. The summed E-state index contributed by atoms with van der Waals surface area (Å²) in [4.78, 5) is 12.1. The summed E-state index contributed by atoms with van der Waals surface area (Å²) in [5.74, 6) is 7.30. The number of nitrogens with one attached hydrogen (secondary N) is 2. The van der Waals surface area contributed by atoms with Crippen molar-refractivity contribution in [2.24, 2.45) is 5.84 Å². The van der Waals surface area contributed by atoms with Gasteiger partial charge < -0.3 is 10.7 Å². The summed E-state index contributed by atoms with van der Waals surface area (Å²) in [6, 6.07) is 5.63. The maximum absolute atomic E-state index is 12.1. The lowest BCUT2D eigenvalue weighted by Crippen LogP contribution is -2.34. The Hall–Kier alpha value is -1.20. The summed E-state index contributed by atoms with van der Waals surface area (Å²) in [6.45, 7) is 6.04. The molecule has 4 N–H and O–H groups in total. The van der Waals surface area contributed by atoms with Crippen LogP contribution in [0, 0.1) is 6.92 Å². The molecule has 0 aliphatic carbocycles. The number of carbonyl (C=O) groups is 1. The van der Waals surface area contributed by atoms with Crippen LogP contribution in [-0.4, -0.2) is 23.5 Å². The van der Waals surface area contributed by atoms with Gasteiger partial charge in [-0.25, -0.2) is 0 Å². The maximum Gasteiger partial charge on any atom is 0.251 e. The van der Waals surface area contributed by atoms with Gasteiger partial charge in [-0.05, 0) is 43.4 Å². The molecular formula is C13H21N3OS. The van der Waals surface area contributed by atoms with Gasteiger partial charge in [-0.3, -0.25) is 10.6 Å². The highest BCUT2D eigenvalue weighted by molar-refractivity contribution is 7.99. The molecule has 0 spiro atoms. The van der Waals surface area contributed by atoms with Crippen LogP contribution in [0.3, 0.4) is 0 Å². The first kappa shape index (κ1) is 14.9. The third kappa shape index (κ3) is 4.23. The van der Waals surface area contributed by atoms with Gasteiger partial charge in [0.2, 0.25) is 0 Å². The van der Waals surface area contributed by atoms with Crippen LogP contribution in [0.5, 0.6) is 0 Å². The first-order chi connectivity index (χ1) is 8.58. The van der Waals surface area contributed by atoms with Crippen LogP contribution >= 0.6 is 11.8 Å². The van der Waals surface area contributed by atoms with Gasteiger partial charge in [0, 0.05) is 23.0 Å². The van der Waals surface area contributed by atoms with E-state index in [1.54, 1.807) is 12.1 Å². The highest BCUT2D eigenvalue weighted by Gasteiger charge is 2.12. The summed E-state index contributed by atoms with van der Waals surface area (Å²) in [5.41, 5.74) is 4.98. The van der Waals surface area contributed by atoms with Crippen molar-refractivity contribution in [2.75, 3.05) is 16.9 Å². The van der Waals surface area contributed by atoms with Gasteiger partial charge in [-0.1, -0.05) is 6.92 Å². The highest BCUT2D eigenvalue weighted by Crippen LogP contribution is 2.14. The zero-order valence-electron chi connectivity index (χ0n) is 11.1. The molecule has 1 unspecified atom stereocenters. The van der Waals surface area contributed by atoms with E-state index >= 15 is 0 Å². The average Bonchev–Trinajstić information content (AvgIpc) is 2.35. The second kappa shape index (κ2) is 7.28. The fourth-order valence-electron chi connectivity index (χ4n) is 1.65. The molecule has 1 aromatic carbocycles. The van der Waals surface area contributed by atoms with Crippen LogP contribution in [0.25, 0.3) is 0 Å². The van der Waals surface area contributed by atoms with E-state index < -0.39 is 0 Å². The number of carbonyl (C=O) groups excluding carboxylic acids is 1. The van der Waals surface area contributed by atoms with E-state index in [1.165, 1.54) is 0 Å². The number of nitrogen functional groups attached to an aromatic ring is 1. The minimum absolute atomic E-state index is 0.0275. The number of aryl methyl sites for hydroxylation is 1. The Kier molecular flexibility index (Phi) is 6.01. The largest absolute Gasteiger partial charge is 0.349 e. The molecule has 0 fully saturated rings. The molecule has 0 saturated heterocycles. The van der Waals surface area contributed by atoms with Crippen molar-refractivity contribution in [3.8, 4) is 0 Å². The van der Waals surface area contributed by atoms with Crippen LogP contribution in [0.2, 0.25) is 0 Å². The van der Waals surface area contributed by atoms with Crippen molar-refractivity contribution in [3.05, 3.63) is 29.3 Å². The number of hydrogen-bond acceptors (Lipinski definition) is 4. The number of hydrazine groups is 1. The van der Waals surface area contributed by atoms with Crippen LogP contribution in [-0.2, 0) is 0 Å². The SMILES string of the molecule is CCSCC(C)NC(=O)c1ccc(NN)cc1C. The molecule has 0 saturated carbocycles. The Morgan fingerprint density at radius 3 is 2.78 bits per heavy atom. The molecule has 1 aromatic rings. The minimum Gasteiger partial charge on any atom is -0.349 e. The van der Waals surface area contributed by atoms with Crippen molar-refractivity contribution < 1.29 is 4.79 Å². The minimum atomic E-state index is -0.0275. The Bertz CT molecular complexity index is 409. The van der Waals surface area contributed by atoms with E-state index in [-0.39, 0.29) is 11.9 Å². The number of rotatable bonds is 6. The number of amides is 1. The quantitative estimate of drug-likeness (QED) is 0.546. The molecule has 1 amide bonds. The van der Waals surface area contributed by atoms with Gasteiger partial charge in [-0.2, -0.15) is 11.8 Å². The van der Waals surface area contributed by atoms with Gasteiger partial charge in [0.05, 0.1) is 0 Å². The first-order valence-electron chi connectivity index (χ1n) is 6.04. The number of anilines is 1. The maximum atomic E-state index is 12.1. The van der Waals surface area contributed by atoms with E-state index in [4.69, 9.17) is 5.84 Å². The Morgan fingerprint density at radius 2 is 2.22 bits per heavy atom. The lowest BCUT2D eigenvalue weighted by molar-refractivity contribution is 0.0943. The van der Waals surface area contributed by atoms with Gasteiger partial charge in [0.15, 0.2) is 0 Å². The smallest absolute Gasteiger partial charge is 0.251 e. The van der Waals surface area contributed by atoms with E-state index in [1.807, 2.05) is 31.7 Å². The lowest BCUT2D eigenvalue weighted by Gasteiger charge is -2.14. The van der Waals surface area contributed by atoms with Crippen molar-refractivity contribution >= 4 is 23.4 Å². The van der Waals surface area contributed by atoms with Crippen LogP contribution in [0.1, 0.15) is 29.8 Å². The van der Waals surface area contributed by atoms with Crippen molar-refractivity contribution in [3.63, 3.8) is 0 Å². The summed E-state index contributed by atoms with van der Waals surface area (Å²) < 4.78 is 0. The molecule has 100 valence electrons. The van der Waals surface area contributed by atoms with Crippen molar-refractivity contribution in [1.82, 2.24) is 5.32 Å². The molecule has 0 aliphatic heterocycles.